The van der Waals surface area contributed by atoms with E-state index in [2.05, 4.69) is 16.0 Å². The maximum absolute atomic E-state index is 12.2. The number of nitrogens with two attached hydrogens (primary N) is 1. The molecular weight excluding hydrogens is 408 g/mol. The summed E-state index contributed by atoms with van der Waals surface area (Å²) in [6, 6.07) is 6.71. The average Bonchev–Trinajstić information content (AvgIpc) is 2.76. The highest BCUT2D eigenvalue weighted by molar-refractivity contribution is 5.90. The smallest absolute Gasteiger partial charge is 0.224 e. The molecule has 32 heavy (non-hydrogen) atoms. The van der Waals surface area contributed by atoms with Gasteiger partial charge in [-0.3, -0.25) is 14.4 Å². The van der Waals surface area contributed by atoms with Crippen molar-refractivity contribution in [1.82, 2.24) is 10.6 Å². The Bertz CT molecular complexity index is 723. The molecule has 0 radical (unpaired) electrons. The number of piperidine rings is 1. The fourth-order valence-corrected chi connectivity index (χ4v) is 3.80. The van der Waals surface area contributed by atoms with E-state index in [9.17, 15) is 19.5 Å². The van der Waals surface area contributed by atoms with Gasteiger partial charge in [-0.1, -0.05) is 50.7 Å². The van der Waals surface area contributed by atoms with Crippen molar-refractivity contribution in [3.63, 3.8) is 0 Å². The molecule has 178 valence electrons. The summed E-state index contributed by atoms with van der Waals surface area (Å²) < 4.78 is 0. The third-order valence-corrected chi connectivity index (χ3v) is 5.68. The van der Waals surface area contributed by atoms with Gasteiger partial charge in [-0.25, -0.2) is 0 Å². The molecule has 1 aromatic rings. The van der Waals surface area contributed by atoms with Crippen LogP contribution in [-0.2, 0) is 20.8 Å². The number of carbonyl (C=O) groups excluding carboxylic acids is 3. The minimum Gasteiger partial charge on any atom is -0.372 e. The zero-order chi connectivity index (χ0) is 23.2. The monoisotopic (exact) mass is 446 g/mol. The van der Waals surface area contributed by atoms with Crippen LogP contribution >= 0.6 is 0 Å². The quantitative estimate of drug-likeness (QED) is 0.280. The van der Waals surface area contributed by atoms with Gasteiger partial charge in [0.2, 0.25) is 17.7 Å². The van der Waals surface area contributed by atoms with Crippen molar-refractivity contribution in [3.05, 3.63) is 29.8 Å². The van der Waals surface area contributed by atoms with Crippen LogP contribution in [0.1, 0.15) is 76.2 Å². The second-order valence-corrected chi connectivity index (χ2v) is 8.51. The Morgan fingerprint density at radius 2 is 1.59 bits per heavy atom. The van der Waals surface area contributed by atoms with Gasteiger partial charge >= 0.3 is 0 Å². The van der Waals surface area contributed by atoms with Crippen molar-refractivity contribution in [2.75, 3.05) is 11.9 Å². The summed E-state index contributed by atoms with van der Waals surface area (Å²) >= 11 is 0. The Labute approximate surface area is 190 Å². The van der Waals surface area contributed by atoms with Crippen molar-refractivity contribution >= 4 is 23.4 Å². The van der Waals surface area contributed by atoms with E-state index in [4.69, 9.17) is 5.73 Å². The van der Waals surface area contributed by atoms with Crippen LogP contribution in [0.3, 0.4) is 0 Å². The number of nitrogens with one attached hydrogen (secondary N) is 3. The SMILES string of the molecule is NCCCCCCCCCCC(=O)Nc1ccc(CC(=O)NC2CCC(=O)NC2O)cc1. The number of hydrogen-bond donors (Lipinski definition) is 5. The van der Waals surface area contributed by atoms with Gasteiger partial charge in [-0.15, -0.1) is 0 Å². The van der Waals surface area contributed by atoms with E-state index >= 15 is 0 Å². The molecule has 2 unspecified atom stereocenters. The van der Waals surface area contributed by atoms with Gasteiger partial charge in [0, 0.05) is 18.5 Å². The van der Waals surface area contributed by atoms with Crippen molar-refractivity contribution in [2.24, 2.45) is 5.73 Å². The van der Waals surface area contributed by atoms with Crippen LogP contribution in [0, 0.1) is 0 Å². The maximum atomic E-state index is 12.2. The van der Waals surface area contributed by atoms with Crippen molar-refractivity contribution in [1.29, 1.82) is 0 Å². The van der Waals surface area contributed by atoms with E-state index in [1.807, 2.05) is 0 Å². The number of rotatable bonds is 14. The average molecular weight is 447 g/mol. The lowest BCUT2D eigenvalue weighted by molar-refractivity contribution is -0.131. The molecular formula is C24H38N4O4. The zero-order valence-electron chi connectivity index (χ0n) is 18.9. The zero-order valence-corrected chi connectivity index (χ0v) is 18.9. The second kappa shape index (κ2) is 14.6. The lowest BCUT2D eigenvalue weighted by Crippen LogP contribution is -2.55. The Balaban J connectivity index is 1.60. The van der Waals surface area contributed by atoms with Gasteiger partial charge in [-0.05, 0) is 43.5 Å². The Hall–Kier alpha value is -2.45. The number of carbonyl (C=O) groups is 3. The summed E-state index contributed by atoms with van der Waals surface area (Å²) in [5.74, 6) is -0.428. The van der Waals surface area contributed by atoms with Crippen LogP contribution in [0.5, 0.6) is 0 Å². The molecule has 2 rings (SSSR count). The first-order chi connectivity index (χ1) is 15.5. The molecule has 1 heterocycles. The van der Waals surface area contributed by atoms with Crippen molar-refractivity contribution in [2.45, 2.75) is 89.3 Å². The van der Waals surface area contributed by atoms with Crippen LogP contribution in [0.4, 0.5) is 5.69 Å². The molecule has 1 saturated heterocycles. The highest BCUT2D eigenvalue weighted by atomic mass is 16.3. The molecule has 0 spiro atoms. The molecule has 1 fully saturated rings. The van der Waals surface area contributed by atoms with Gasteiger partial charge in [-0.2, -0.15) is 0 Å². The molecule has 0 aromatic heterocycles. The summed E-state index contributed by atoms with van der Waals surface area (Å²) in [4.78, 5) is 35.6. The van der Waals surface area contributed by atoms with E-state index in [0.717, 1.165) is 37.8 Å². The van der Waals surface area contributed by atoms with Gasteiger partial charge in [0.05, 0.1) is 12.5 Å². The number of amides is 3. The van der Waals surface area contributed by atoms with E-state index in [1.54, 1.807) is 24.3 Å². The highest BCUT2D eigenvalue weighted by Crippen LogP contribution is 2.14. The molecule has 1 aliphatic heterocycles. The van der Waals surface area contributed by atoms with Crippen LogP contribution < -0.4 is 21.7 Å². The molecule has 2 atom stereocenters. The standard InChI is InChI=1S/C24H38N4O4/c25-16-8-6-4-2-1-3-5-7-9-21(29)26-19-12-10-18(11-13-19)17-23(31)27-20-14-15-22(30)28-24(20)32/h10-13,20,24,32H,1-9,14-17,25H2,(H,26,29)(H,27,31)(H,28,30). The first-order valence-corrected chi connectivity index (χ1v) is 11.8. The molecule has 8 heteroatoms. The summed E-state index contributed by atoms with van der Waals surface area (Å²) in [7, 11) is 0. The third-order valence-electron chi connectivity index (χ3n) is 5.68. The maximum Gasteiger partial charge on any atom is 0.224 e. The number of anilines is 1. The number of benzene rings is 1. The van der Waals surface area contributed by atoms with Crippen LogP contribution in [0.15, 0.2) is 24.3 Å². The molecule has 1 aliphatic rings. The van der Waals surface area contributed by atoms with E-state index in [-0.39, 0.29) is 30.6 Å². The highest BCUT2D eigenvalue weighted by Gasteiger charge is 2.27. The van der Waals surface area contributed by atoms with E-state index in [0.29, 0.717) is 18.5 Å². The summed E-state index contributed by atoms with van der Waals surface area (Å²) in [6.07, 6.45) is 9.47. The number of aliphatic hydroxyl groups excluding tert-OH is 1. The lowest BCUT2D eigenvalue weighted by Gasteiger charge is -2.28. The summed E-state index contributed by atoms with van der Waals surface area (Å²) in [5, 5.41) is 17.9. The topological polar surface area (TPSA) is 134 Å². The fraction of sp³-hybridized carbons (Fsp3) is 0.625. The van der Waals surface area contributed by atoms with Gasteiger partial charge in [0.25, 0.3) is 0 Å². The number of aliphatic hydroxyl groups is 1. The summed E-state index contributed by atoms with van der Waals surface area (Å²) in [5.41, 5.74) is 7.01. The fourth-order valence-electron chi connectivity index (χ4n) is 3.80. The van der Waals surface area contributed by atoms with Crippen LogP contribution in [0.25, 0.3) is 0 Å². The van der Waals surface area contributed by atoms with E-state index < -0.39 is 12.3 Å². The van der Waals surface area contributed by atoms with Gasteiger partial charge < -0.3 is 26.8 Å². The molecule has 6 N–H and O–H groups in total. The van der Waals surface area contributed by atoms with Gasteiger partial charge in [0.1, 0.15) is 6.23 Å². The predicted octanol–water partition coefficient (Wildman–Crippen LogP) is 2.35. The molecule has 8 nitrogen and oxygen atoms in total. The molecule has 0 aliphatic carbocycles. The minimum absolute atomic E-state index is 0.00627. The normalized spacial score (nSPS) is 18.1. The first kappa shape index (κ1) is 25.8. The second-order valence-electron chi connectivity index (χ2n) is 8.51. The Morgan fingerprint density at radius 1 is 0.969 bits per heavy atom. The third kappa shape index (κ3) is 10.2. The van der Waals surface area contributed by atoms with Crippen molar-refractivity contribution < 1.29 is 19.5 Å². The minimum atomic E-state index is -1.06. The number of hydrogen-bond acceptors (Lipinski definition) is 5. The lowest BCUT2D eigenvalue weighted by atomic mass is 10.0. The Morgan fingerprint density at radius 3 is 2.22 bits per heavy atom. The Kier molecular flexibility index (Phi) is 11.8. The van der Waals surface area contributed by atoms with Crippen molar-refractivity contribution in [3.8, 4) is 0 Å². The van der Waals surface area contributed by atoms with Crippen LogP contribution in [-0.4, -0.2) is 41.6 Å². The molecule has 0 saturated carbocycles. The van der Waals surface area contributed by atoms with E-state index in [1.165, 1.54) is 25.7 Å². The van der Waals surface area contributed by atoms with Crippen LogP contribution in [0.2, 0.25) is 0 Å². The molecule has 0 bridgehead atoms. The number of unbranched alkanes of at least 4 members (excludes halogenated alkanes) is 7. The summed E-state index contributed by atoms with van der Waals surface area (Å²) in [6.45, 7) is 0.778. The molecule has 3 amide bonds. The largest absolute Gasteiger partial charge is 0.372 e. The predicted molar refractivity (Wildman–Crippen MR) is 125 cm³/mol. The first-order valence-electron chi connectivity index (χ1n) is 11.8. The van der Waals surface area contributed by atoms with Gasteiger partial charge in [0.15, 0.2) is 0 Å². The molecule has 1 aromatic carbocycles.